The Bertz CT molecular complexity index is 1070. The minimum absolute atomic E-state index is 0.0290. The lowest BCUT2D eigenvalue weighted by Crippen LogP contribution is -2.25. The fourth-order valence-corrected chi connectivity index (χ4v) is 2.84. The van der Waals surface area contributed by atoms with Gasteiger partial charge < -0.3 is 4.74 Å². The van der Waals surface area contributed by atoms with Crippen LogP contribution in [0.2, 0.25) is 5.15 Å². The molecule has 0 unspecified atom stereocenters. The first-order chi connectivity index (χ1) is 13.0. The van der Waals surface area contributed by atoms with Crippen molar-refractivity contribution >= 4 is 28.6 Å². The summed E-state index contributed by atoms with van der Waals surface area (Å²) in [5, 5.41) is 0.416. The van der Waals surface area contributed by atoms with Crippen LogP contribution in [-0.2, 0) is 4.74 Å². The Labute approximate surface area is 162 Å². The number of ether oxygens (including phenoxy) is 1. The zero-order valence-corrected chi connectivity index (χ0v) is 15.8. The molecule has 28 heavy (non-hydrogen) atoms. The van der Waals surface area contributed by atoms with Crippen LogP contribution in [0.25, 0.3) is 16.7 Å². The zero-order valence-electron chi connectivity index (χ0n) is 15.1. The third-order valence-corrected chi connectivity index (χ3v) is 3.98. The molecule has 0 amide bonds. The van der Waals surface area contributed by atoms with Crippen molar-refractivity contribution in [1.29, 1.82) is 0 Å². The molecular weight excluding hydrogens is 400 g/mol. The molecule has 0 fully saturated rings. The van der Waals surface area contributed by atoms with E-state index < -0.39 is 40.9 Å². The molecule has 9 heteroatoms. The molecule has 3 aromatic rings. The number of carbonyl (C=O) groups is 1. The summed E-state index contributed by atoms with van der Waals surface area (Å²) in [4.78, 5) is 16.7. The molecule has 2 heterocycles. The summed E-state index contributed by atoms with van der Waals surface area (Å²) in [6, 6.07) is 5.32. The van der Waals surface area contributed by atoms with Crippen LogP contribution in [0.4, 0.5) is 17.6 Å². The number of carbonyl (C=O) groups excluding carboxylic acids is 1. The first kappa shape index (κ1) is 20.1. The summed E-state index contributed by atoms with van der Waals surface area (Å²) < 4.78 is 60.9. The number of alkyl halides is 2. The van der Waals surface area contributed by atoms with Gasteiger partial charge in [0.15, 0.2) is 11.6 Å². The highest BCUT2D eigenvalue weighted by atomic mass is 35.5. The van der Waals surface area contributed by atoms with Crippen molar-refractivity contribution in [2.24, 2.45) is 0 Å². The maximum absolute atomic E-state index is 13.9. The van der Waals surface area contributed by atoms with Gasteiger partial charge in [0.2, 0.25) is 0 Å². The predicted molar refractivity (Wildman–Crippen MR) is 96.1 cm³/mol. The first-order valence-electron chi connectivity index (χ1n) is 8.17. The molecule has 4 nitrogen and oxygen atoms in total. The van der Waals surface area contributed by atoms with Gasteiger partial charge in [-0.2, -0.15) is 0 Å². The van der Waals surface area contributed by atoms with Crippen molar-refractivity contribution < 1.29 is 27.1 Å². The molecular formula is C19H15ClF4N2O2. The Hall–Kier alpha value is -2.61. The highest BCUT2D eigenvalue weighted by Crippen LogP contribution is 2.33. The molecule has 0 bridgehead atoms. The predicted octanol–water partition coefficient (Wildman–Crippen LogP) is 5.85. The number of halogens is 5. The largest absolute Gasteiger partial charge is 0.455 e. The highest BCUT2D eigenvalue weighted by Gasteiger charge is 2.27. The molecule has 2 aromatic heterocycles. The van der Waals surface area contributed by atoms with Crippen LogP contribution in [0, 0.1) is 11.6 Å². The average Bonchev–Trinajstić information content (AvgIpc) is 2.93. The van der Waals surface area contributed by atoms with E-state index in [9.17, 15) is 22.4 Å². The van der Waals surface area contributed by atoms with E-state index >= 15 is 0 Å². The number of fused-ring (bicyclic) bond motifs is 1. The Balaban J connectivity index is 2.36. The normalized spacial score (nSPS) is 12.0. The molecule has 148 valence electrons. The van der Waals surface area contributed by atoms with Gasteiger partial charge in [-0.15, -0.1) is 0 Å². The molecule has 1 aromatic carbocycles. The first-order valence-corrected chi connectivity index (χ1v) is 8.54. The fourth-order valence-electron chi connectivity index (χ4n) is 2.70. The number of pyridine rings is 1. The smallest absolute Gasteiger partial charge is 0.355 e. The second kappa shape index (κ2) is 7.09. The topological polar surface area (TPSA) is 44.1 Å². The Morgan fingerprint density at radius 1 is 1.14 bits per heavy atom. The maximum Gasteiger partial charge on any atom is 0.355 e. The van der Waals surface area contributed by atoms with Crippen molar-refractivity contribution in [1.82, 2.24) is 9.55 Å². The molecule has 3 rings (SSSR count). The van der Waals surface area contributed by atoms with Gasteiger partial charge in [-0.25, -0.2) is 27.3 Å². The second-order valence-electron chi connectivity index (χ2n) is 7.04. The number of benzene rings is 1. The van der Waals surface area contributed by atoms with Crippen molar-refractivity contribution in [2.45, 2.75) is 32.8 Å². The summed E-state index contributed by atoms with van der Waals surface area (Å²) in [5.41, 5.74) is -2.25. The molecule has 0 aliphatic rings. The molecule has 0 N–H and O–H groups in total. The van der Waals surface area contributed by atoms with Gasteiger partial charge in [0.1, 0.15) is 22.1 Å². The van der Waals surface area contributed by atoms with Gasteiger partial charge in [0.25, 0.3) is 6.43 Å². The van der Waals surface area contributed by atoms with Gasteiger partial charge in [0.05, 0.1) is 5.69 Å². The van der Waals surface area contributed by atoms with Gasteiger partial charge in [-0.1, -0.05) is 11.6 Å². The van der Waals surface area contributed by atoms with Gasteiger partial charge in [0, 0.05) is 17.0 Å². The van der Waals surface area contributed by atoms with Crippen LogP contribution in [0.15, 0.2) is 30.3 Å². The van der Waals surface area contributed by atoms with E-state index in [0.29, 0.717) is 17.5 Å². The molecule has 0 saturated carbocycles. The fraction of sp³-hybridized carbons (Fsp3) is 0.263. The van der Waals surface area contributed by atoms with Crippen molar-refractivity contribution in [3.63, 3.8) is 0 Å². The maximum atomic E-state index is 13.9. The minimum Gasteiger partial charge on any atom is -0.455 e. The van der Waals surface area contributed by atoms with E-state index in [0.717, 1.165) is 4.57 Å². The van der Waals surface area contributed by atoms with Crippen LogP contribution in [0.5, 0.6) is 0 Å². The number of hydrogen-bond acceptors (Lipinski definition) is 3. The van der Waals surface area contributed by atoms with Gasteiger partial charge >= 0.3 is 5.97 Å². The van der Waals surface area contributed by atoms with E-state index in [-0.39, 0.29) is 16.5 Å². The molecule has 0 radical (unpaired) electrons. The summed E-state index contributed by atoms with van der Waals surface area (Å²) in [6.07, 6.45) is -3.13. The van der Waals surface area contributed by atoms with Crippen molar-refractivity contribution in [3.8, 4) is 5.69 Å². The number of aromatic nitrogens is 2. The van der Waals surface area contributed by atoms with Crippen LogP contribution in [0.3, 0.4) is 0 Å². The average molecular weight is 415 g/mol. The van der Waals surface area contributed by atoms with Crippen molar-refractivity contribution in [2.75, 3.05) is 0 Å². The summed E-state index contributed by atoms with van der Waals surface area (Å²) in [6.45, 7) is 4.90. The van der Waals surface area contributed by atoms with E-state index in [2.05, 4.69) is 4.98 Å². The summed E-state index contributed by atoms with van der Waals surface area (Å²) in [7, 11) is 0. The lowest BCUT2D eigenvalue weighted by atomic mass is 10.1. The lowest BCUT2D eigenvalue weighted by molar-refractivity contribution is 0.00606. The SMILES string of the molecule is CC(C)(C)OC(=O)c1cc2ccc(Cl)nc2n1-c1cc(F)c(F)cc1C(F)F. The van der Waals surface area contributed by atoms with E-state index in [4.69, 9.17) is 16.3 Å². The Morgan fingerprint density at radius 2 is 1.79 bits per heavy atom. The third kappa shape index (κ3) is 3.82. The van der Waals surface area contributed by atoms with Crippen molar-refractivity contribution in [3.05, 3.63) is 58.4 Å². The quantitative estimate of drug-likeness (QED) is 0.307. The Kier molecular flexibility index (Phi) is 5.10. The monoisotopic (exact) mass is 414 g/mol. The van der Waals surface area contributed by atoms with Crippen LogP contribution >= 0.6 is 11.6 Å². The van der Waals surface area contributed by atoms with Crippen LogP contribution in [0.1, 0.15) is 43.2 Å². The number of esters is 1. The van der Waals surface area contributed by atoms with Gasteiger partial charge in [-0.05, 0) is 45.0 Å². The lowest BCUT2D eigenvalue weighted by Gasteiger charge is -2.21. The zero-order chi connectivity index (χ0) is 20.8. The molecule has 0 aliphatic carbocycles. The number of nitrogens with zero attached hydrogens (tertiary/aromatic N) is 2. The van der Waals surface area contributed by atoms with E-state index in [1.165, 1.54) is 18.2 Å². The molecule has 0 atom stereocenters. The third-order valence-electron chi connectivity index (χ3n) is 3.77. The standard InChI is InChI=1S/C19H15ClF4N2O2/c1-19(2,3)28-18(27)14-6-9-4-5-15(20)25-17(9)26(14)13-8-12(22)11(21)7-10(13)16(23)24/h4-8,16H,1-3H3. The molecule has 0 spiro atoms. The number of rotatable bonds is 3. The summed E-state index contributed by atoms with van der Waals surface area (Å²) >= 11 is 5.91. The molecule has 0 aliphatic heterocycles. The van der Waals surface area contributed by atoms with Gasteiger partial charge in [-0.3, -0.25) is 4.57 Å². The second-order valence-corrected chi connectivity index (χ2v) is 7.43. The highest BCUT2D eigenvalue weighted by molar-refractivity contribution is 6.29. The number of hydrogen-bond donors (Lipinski definition) is 0. The van der Waals surface area contributed by atoms with Crippen LogP contribution in [-0.4, -0.2) is 21.1 Å². The Morgan fingerprint density at radius 3 is 2.39 bits per heavy atom. The van der Waals surface area contributed by atoms with E-state index in [1.54, 1.807) is 20.8 Å². The van der Waals surface area contributed by atoms with Crippen LogP contribution < -0.4 is 0 Å². The molecule has 0 saturated heterocycles. The van der Waals surface area contributed by atoms with E-state index in [1.807, 2.05) is 0 Å². The summed E-state index contributed by atoms with van der Waals surface area (Å²) in [5.74, 6) is -3.62. The minimum atomic E-state index is -3.13.